The van der Waals surface area contributed by atoms with Crippen LogP contribution in [0.25, 0.3) is 5.52 Å². The molecule has 2 aromatic rings. The van der Waals surface area contributed by atoms with Gasteiger partial charge in [-0.3, -0.25) is 9.59 Å². The van der Waals surface area contributed by atoms with Crippen molar-refractivity contribution < 1.29 is 9.59 Å². The third kappa shape index (κ3) is 2.75. The predicted molar refractivity (Wildman–Crippen MR) is 108 cm³/mol. The van der Waals surface area contributed by atoms with E-state index in [2.05, 4.69) is 16.7 Å². The zero-order valence-corrected chi connectivity index (χ0v) is 16.6. The van der Waals surface area contributed by atoms with Crippen molar-refractivity contribution in [2.75, 3.05) is 13.1 Å². The molecule has 5 nitrogen and oxygen atoms in total. The molecule has 3 aliphatic rings. The van der Waals surface area contributed by atoms with E-state index in [0.29, 0.717) is 36.2 Å². The van der Waals surface area contributed by atoms with Gasteiger partial charge >= 0.3 is 0 Å². The van der Waals surface area contributed by atoms with Gasteiger partial charge in [-0.1, -0.05) is 19.4 Å². The van der Waals surface area contributed by atoms with E-state index < -0.39 is 0 Å². The zero-order chi connectivity index (χ0) is 19.3. The molecular weight excluding hydrogens is 350 g/mol. The number of piperidine rings is 3. The van der Waals surface area contributed by atoms with Crippen molar-refractivity contribution in [3.63, 3.8) is 0 Å². The van der Waals surface area contributed by atoms with Crippen molar-refractivity contribution in [1.29, 1.82) is 0 Å². The normalized spacial score (nSPS) is 29.8. The van der Waals surface area contributed by atoms with Gasteiger partial charge in [0.15, 0.2) is 0 Å². The van der Waals surface area contributed by atoms with Crippen LogP contribution >= 0.6 is 0 Å². The summed E-state index contributed by atoms with van der Waals surface area (Å²) in [5.74, 6) is 1.31. The number of fused-ring (bicyclic) bond motifs is 5. The minimum Gasteiger partial charge on any atom is -0.337 e. The van der Waals surface area contributed by atoms with Gasteiger partial charge in [0.25, 0.3) is 5.91 Å². The van der Waals surface area contributed by atoms with Gasteiger partial charge in [-0.25, -0.2) is 0 Å². The highest BCUT2D eigenvalue weighted by atomic mass is 16.2. The van der Waals surface area contributed by atoms with Crippen LogP contribution in [0.5, 0.6) is 0 Å². The van der Waals surface area contributed by atoms with Crippen LogP contribution in [-0.2, 0) is 4.79 Å². The van der Waals surface area contributed by atoms with Crippen LogP contribution in [0.1, 0.15) is 55.9 Å². The molecule has 3 saturated heterocycles. The summed E-state index contributed by atoms with van der Waals surface area (Å²) < 4.78 is 1.99. The van der Waals surface area contributed by atoms with Crippen molar-refractivity contribution >= 4 is 17.3 Å². The molecular formula is C23H29N3O2. The zero-order valence-electron chi connectivity index (χ0n) is 16.6. The van der Waals surface area contributed by atoms with E-state index in [-0.39, 0.29) is 5.91 Å². The maximum Gasteiger partial charge on any atom is 0.270 e. The highest BCUT2D eigenvalue weighted by Crippen LogP contribution is 2.43. The number of nitrogens with zero attached hydrogens (tertiary/aromatic N) is 3. The molecule has 0 radical (unpaired) electrons. The Labute approximate surface area is 166 Å². The molecule has 0 spiro atoms. The van der Waals surface area contributed by atoms with Crippen molar-refractivity contribution in [1.82, 2.24) is 14.2 Å². The first-order chi connectivity index (χ1) is 13.7. The largest absolute Gasteiger partial charge is 0.337 e. The first-order valence-corrected chi connectivity index (χ1v) is 10.8. The predicted octanol–water partition coefficient (Wildman–Crippen LogP) is 3.58. The SMILES string of the molecule is CCC[C@H]1[C@H]2C[C@H](CN(C(=O)c3ccc4ccccn34)C2)[C@@H]2CCCC(=O)N21. The number of amides is 2. The fourth-order valence-electron chi connectivity index (χ4n) is 6.00. The number of rotatable bonds is 3. The van der Waals surface area contributed by atoms with Gasteiger partial charge in [0.05, 0.1) is 0 Å². The lowest BCUT2D eigenvalue weighted by Gasteiger charge is -2.56. The number of carbonyl (C=O) groups excluding carboxylic acids is 2. The van der Waals surface area contributed by atoms with Crippen molar-refractivity contribution in [3.05, 3.63) is 42.2 Å². The fourth-order valence-corrected chi connectivity index (χ4v) is 6.00. The molecule has 28 heavy (non-hydrogen) atoms. The summed E-state index contributed by atoms with van der Waals surface area (Å²) in [6.07, 6.45) is 8.06. The molecule has 0 aliphatic carbocycles. The number of aromatic nitrogens is 1. The summed E-state index contributed by atoms with van der Waals surface area (Å²) in [5.41, 5.74) is 1.80. The van der Waals surface area contributed by atoms with Crippen LogP contribution in [0.2, 0.25) is 0 Å². The minimum atomic E-state index is 0.131. The molecule has 5 heteroatoms. The van der Waals surface area contributed by atoms with Crippen LogP contribution in [0.15, 0.2) is 36.5 Å². The average Bonchev–Trinajstić information content (AvgIpc) is 3.15. The molecule has 148 valence electrons. The van der Waals surface area contributed by atoms with Crippen molar-refractivity contribution in [3.8, 4) is 0 Å². The van der Waals surface area contributed by atoms with Crippen LogP contribution in [-0.4, -0.2) is 51.2 Å². The van der Waals surface area contributed by atoms with Crippen molar-refractivity contribution in [2.24, 2.45) is 11.8 Å². The Bertz CT molecular complexity index is 904. The number of likely N-dealkylation sites (tertiary alicyclic amines) is 1. The minimum absolute atomic E-state index is 0.131. The third-order valence-electron chi connectivity index (χ3n) is 7.15. The molecule has 2 bridgehead atoms. The van der Waals surface area contributed by atoms with Crippen LogP contribution < -0.4 is 0 Å². The van der Waals surface area contributed by atoms with Crippen LogP contribution in [0, 0.1) is 11.8 Å². The second kappa shape index (κ2) is 6.94. The van der Waals surface area contributed by atoms with Gasteiger partial charge in [0, 0.05) is 43.3 Å². The number of hydrogen-bond donors (Lipinski definition) is 0. The molecule has 0 saturated carbocycles. The second-order valence-corrected chi connectivity index (χ2v) is 8.80. The first kappa shape index (κ1) is 17.8. The Morgan fingerprint density at radius 1 is 1.14 bits per heavy atom. The smallest absolute Gasteiger partial charge is 0.270 e. The molecule has 0 N–H and O–H groups in total. The molecule has 3 aliphatic heterocycles. The lowest BCUT2D eigenvalue weighted by atomic mass is 9.71. The Kier molecular flexibility index (Phi) is 4.41. The molecule has 2 aromatic heterocycles. The van der Waals surface area contributed by atoms with Crippen LogP contribution in [0.3, 0.4) is 0 Å². The molecule has 5 heterocycles. The van der Waals surface area contributed by atoms with Gasteiger partial charge in [0.2, 0.25) is 5.91 Å². The van der Waals surface area contributed by atoms with E-state index in [4.69, 9.17) is 0 Å². The highest BCUT2D eigenvalue weighted by molar-refractivity contribution is 5.94. The van der Waals surface area contributed by atoms with Gasteiger partial charge in [-0.05, 0) is 61.8 Å². The fraction of sp³-hybridized carbons (Fsp3) is 0.565. The lowest BCUT2D eigenvalue weighted by Crippen LogP contribution is -2.65. The molecule has 4 atom stereocenters. The summed E-state index contributed by atoms with van der Waals surface area (Å²) in [6.45, 7) is 3.76. The summed E-state index contributed by atoms with van der Waals surface area (Å²) in [5, 5.41) is 0. The quantitative estimate of drug-likeness (QED) is 0.818. The monoisotopic (exact) mass is 379 g/mol. The van der Waals surface area contributed by atoms with E-state index in [1.165, 1.54) is 0 Å². The van der Waals surface area contributed by atoms with E-state index in [0.717, 1.165) is 56.4 Å². The Morgan fingerprint density at radius 2 is 2.00 bits per heavy atom. The Balaban J connectivity index is 1.45. The highest BCUT2D eigenvalue weighted by Gasteiger charge is 2.49. The number of carbonyl (C=O) groups is 2. The summed E-state index contributed by atoms with van der Waals surface area (Å²) >= 11 is 0. The molecule has 0 unspecified atom stereocenters. The number of hydrogen-bond acceptors (Lipinski definition) is 2. The topological polar surface area (TPSA) is 45.0 Å². The van der Waals surface area contributed by atoms with Crippen molar-refractivity contribution in [2.45, 2.75) is 57.5 Å². The van der Waals surface area contributed by atoms with Gasteiger partial charge in [-0.2, -0.15) is 0 Å². The van der Waals surface area contributed by atoms with E-state index in [1.807, 2.05) is 40.9 Å². The summed E-state index contributed by atoms with van der Waals surface area (Å²) in [6, 6.07) is 10.6. The molecule has 3 fully saturated rings. The maximum absolute atomic E-state index is 13.4. The average molecular weight is 380 g/mol. The lowest BCUT2D eigenvalue weighted by molar-refractivity contribution is -0.152. The Morgan fingerprint density at radius 3 is 2.86 bits per heavy atom. The van der Waals surface area contributed by atoms with Gasteiger partial charge < -0.3 is 14.2 Å². The standard InChI is InChI=1S/C23H29N3O2/c1-2-6-19-16-13-17(20-8-5-9-22(27)26(19)20)15-24(14-16)23(28)21-11-10-18-7-3-4-12-25(18)21/h3-4,7,10-12,16-17,19-20H,2,5-6,8-9,13-15H2,1H3/t16-,17+,19-,20-/m0/s1. The van der Waals surface area contributed by atoms with E-state index in [9.17, 15) is 9.59 Å². The molecule has 5 rings (SSSR count). The summed E-state index contributed by atoms with van der Waals surface area (Å²) in [7, 11) is 0. The maximum atomic E-state index is 13.4. The third-order valence-corrected chi connectivity index (χ3v) is 7.15. The summed E-state index contributed by atoms with van der Waals surface area (Å²) in [4.78, 5) is 30.5. The first-order valence-electron chi connectivity index (χ1n) is 10.8. The van der Waals surface area contributed by atoms with Gasteiger partial charge in [-0.15, -0.1) is 0 Å². The van der Waals surface area contributed by atoms with E-state index in [1.54, 1.807) is 0 Å². The molecule has 0 aromatic carbocycles. The van der Waals surface area contributed by atoms with Gasteiger partial charge in [0.1, 0.15) is 5.69 Å². The Hall–Kier alpha value is -2.30. The number of pyridine rings is 1. The van der Waals surface area contributed by atoms with E-state index >= 15 is 0 Å². The second-order valence-electron chi connectivity index (χ2n) is 8.80. The molecule has 2 amide bonds. The van der Waals surface area contributed by atoms with Crippen LogP contribution in [0.4, 0.5) is 0 Å².